The Bertz CT molecular complexity index is 337. The number of carbonyl (C=O) groups excluding carboxylic acids is 1. The molecule has 0 radical (unpaired) electrons. The highest BCUT2D eigenvalue weighted by molar-refractivity contribution is 5.88. The van der Waals surface area contributed by atoms with Gasteiger partial charge in [-0.1, -0.05) is 44.8 Å². The average Bonchev–Trinajstić information content (AvgIpc) is 2.64. The maximum absolute atomic E-state index is 11.4. The number of ketones is 1. The third-order valence-corrected chi connectivity index (χ3v) is 4.71. The van der Waals surface area contributed by atoms with Crippen LogP contribution in [0.1, 0.15) is 51.9 Å². The molecule has 0 aromatic rings. The van der Waals surface area contributed by atoms with Crippen molar-refractivity contribution in [1.29, 1.82) is 0 Å². The number of rotatable bonds is 7. The summed E-state index contributed by atoms with van der Waals surface area (Å²) in [7, 11) is 0. The second-order valence-electron chi connectivity index (χ2n) is 6.12. The summed E-state index contributed by atoms with van der Waals surface area (Å²) in [5, 5.41) is 19.8. The van der Waals surface area contributed by atoms with Crippen molar-refractivity contribution in [2.45, 2.75) is 64.1 Å². The van der Waals surface area contributed by atoms with Crippen LogP contribution in [-0.2, 0) is 4.79 Å². The maximum atomic E-state index is 11.4. The number of unbranched alkanes of at least 4 members (excludes halogenated alkanes) is 3. The van der Waals surface area contributed by atoms with Crippen LogP contribution < -0.4 is 0 Å². The van der Waals surface area contributed by atoms with Gasteiger partial charge in [0.05, 0.1) is 12.2 Å². The first-order valence-corrected chi connectivity index (χ1v) is 7.70. The Morgan fingerprint density at radius 2 is 2.16 bits per heavy atom. The molecule has 0 heterocycles. The Kier molecular flexibility index (Phi) is 5.17. The summed E-state index contributed by atoms with van der Waals surface area (Å²) >= 11 is 0. The summed E-state index contributed by atoms with van der Waals surface area (Å²) in [4.78, 5) is 11.4. The van der Waals surface area contributed by atoms with Gasteiger partial charge in [0.25, 0.3) is 0 Å². The molecule has 2 fully saturated rings. The van der Waals surface area contributed by atoms with Crippen molar-refractivity contribution in [3.8, 4) is 0 Å². The normalized spacial score (nSPS) is 35.4. The van der Waals surface area contributed by atoms with Crippen molar-refractivity contribution in [2.24, 2.45) is 17.8 Å². The minimum Gasteiger partial charge on any atom is -0.392 e. The van der Waals surface area contributed by atoms with Crippen LogP contribution in [0.2, 0.25) is 0 Å². The van der Waals surface area contributed by atoms with E-state index in [9.17, 15) is 15.0 Å². The van der Waals surface area contributed by atoms with Gasteiger partial charge in [-0.15, -0.1) is 0 Å². The van der Waals surface area contributed by atoms with Crippen molar-refractivity contribution in [2.75, 3.05) is 0 Å². The second kappa shape index (κ2) is 6.67. The third kappa shape index (κ3) is 3.46. The minimum absolute atomic E-state index is 0.0768. The zero-order valence-electron chi connectivity index (χ0n) is 11.8. The van der Waals surface area contributed by atoms with E-state index in [0.717, 1.165) is 12.8 Å². The van der Waals surface area contributed by atoms with Gasteiger partial charge < -0.3 is 10.2 Å². The zero-order valence-corrected chi connectivity index (χ0v) is 11.8. The standard InChI is InChI=1S/C16H26O3/c1-2-3-4-5-6-11(17)7-8-12-13-9-16(19)14(13)10-15(12)18/h7-8,11-15,17-18H,2-6,9-10H2,1H3/t11?,12?,13-,14-,15?/m0/s1. The molecular weight excluding hydrogens is 240 g/mol. The number of carbonyl (C=O) groups is 1. The van der Waals surface area contributed by atoms with Crippen LogP contribution in [0.5, 0.6) is 0 Å². The van der Waals surface area contributed by atoms with Crippen LogP contribution in [0.25, 0.3) is 0 Å². The zero-order chi connectivity index (χ0) is 13.8. The molecule has 2 N–H and O–H groups in total. The molecule has 0 bridgehead atoms. The van der Waals surface area contributed by atoms with E-state index in [2.05, 4.69) is 6.92 Å². The minimum atomic E-state index is -0.404. The Morgan fingerprint density at radius 1 is 1.37 bits per heavy atom. The molecule has 19 heavy (non-hydrogen) atoms. The molecule has 0 saturated heterocycles. The average molecular weight is 266 g/mol. The highest BCUT2D eigenvalue weighted by Gasteiger charge is 2.51. The van der Waals surface area contributed by atoms with Crippen LogP contribution in [0, 0.1) is 17.8 Å². The molecule has 2 rings (SSSR count). The van der Waals surface area contributed by atoms with Gasteiger partial charge in [-0.25, -0.2) is 0 Å². The van der Waals surface area contributed by atoms with Gasteiger partial charge >= 0.3 is 0 Å². The summed E-state index contributed by atoms with van der Waals surface area (Å²) < 4.78 is 0. The third-order valence-electron chi connectivity index (χ3n) is 4.71. The lowest BCUT2D eigenvalue weighted by Crippen LogP contribution is -2.35. The van der Waals surface area contributed by atoms with E-state index < -0.39 is 12.2 Å². The molecule has 5 atom stereocenters. The van der Waals surface area contributed by atoms with Crippen molar-refractivity contribution in [3.05, 3.63) is 12.2 Å². The molecule has 2 saturated carbocycles. The second-order valence-corrected chi connectivity index (χ2v) is 6.12. The number of fused-ring (bicyclic) bond motifs is 1. The van der Waals surface area contributed by atoms with Crippen LogP contribution in [0.4, 0.5) is 0 Å². The monoisotopic (exact) mass is 266 g/mol. The fourth-order valence-corrected chi connectivity index (χ4v) is 3.42. The van der Waals surface area contributed by atoms with E-state index in [1.807, 2.05) is 12.2 Å². The van der Waals surface area contributed by atoms with Gasteiger partial charge in [-0.3, -0.25) is 4.79 Å². The molecule has 0 aliphatic heterocycles. The van der Waals surface area contributed by atoms with Crippen LogP contribution in [0.3, 0.4) is 0 Å². The van der Waals surface area contributed by atoms with E-state index in [-0.39, 0.29) is 11.8 Å². The summed E-state index contributed by atoms with van der Waals surface area (Å²) in [6, 6.07) is 0. The lowest BCUT2D eigenvalue weighted by atomic mass is 9.71. The number of Topliss-reactive ketones (excluding diaryl/α,β-unsaturated/α-hetero) is 1. The summed E-state index contributed by atoms with van der Waals surface area (Å²) in [6.07, 6.45) is 9.66. The fraction of sp³-hybridized carbons (Fsp3) is 0.812. The summed E-state index contributed by atoms with van der Waals surface area (Å²) in [6.45, 7) is 2.17. The first kappa shape index (κ1) is 14.7. The topological polar surface area (TPSA) is 57.5 Å². The molecule has 0 aromatic heterocycles. The Hall–Kier alpha value is -0.670. The highest BCUT2D eigenvalue weighted by atomic mass is 16.3. The number of aliphatic hydroxyl groups excluding tert-OH is 2. The first-order valence-electron chi connectivity index (χ1n) is 7.70. The Labute approximate surface area is 115 Å². The predicted molar refractivity (Wildman–Crippen MR) is 74.6 cm³/mol. The number of hydrogen-bond acceptors (Lipinski definition) is 3. The van der Waals surface area contributed by atoms with Crippen LogP contribution in [0.15, 0.2) is 12.2 Å². The van der Waals surface area contributed by atoms with Crippen molar-refractivity contribution >= 4 is 5.78 Å². The van der Waals surface area contributed by atoms with Gasteiger partial charge in [0.2, 0.25) is 0 Å². The quantitative estimate of drug-likeness (QED) is 0.550. The maximum Gasteiger partial charge on any atom is 0.136 e. The van der Waals surface area contributed by atoms with Gasteiger partial charge in [-0.2, -0.15) is 0 Å². The van der Waals surface area contributed by atoms with Crippen molar-refractivity contribution in [1.82, 2.24) is 0 Å². The predicted octanol–water partition coefficient (Wildman–Crippen LogP) is 2.46. The molecule has 0 aromatic carbocycles. The Balaban J connectivity index is 1.74. The van der Waals surface area contributed by atoms with E-state index in [1.54, 1.807) is 0 Å². The van der Waals surface area contributed by atoms with E-state index in [1.165, 1.54) is 19.3 Å². The molecule has 108 valence electrons. The van der Waals surface area contributed by atoms with Crippen LogP contribution >= 0.6 is 0 Å². The fourth-order valence-electron chi connectivity index (χ4n) is 3.42. The van der Waals surface area contributed by atoms with E-state index in [4.69, 9.17) is 0 Å². The smallest absolute Gasteiger partial charge is 0.136 e. The van der Waals surface area contributed by atoms with Crippen molar-refractivity contribution in [3.63, 3.8) is 0 Å². The molecule has 3 nitrogen and oxygen atoms in total. The number of hydrogen-bond donors (Lipinski definition) is 2. The van der Waals surface area contributed by atoms with Gasteiger partial charge in [0, 0.05) is 18.3 Å². The molecule has 2 aliphatic carbocycles. The first-order chi connectivity index (χ1) is 9.13. The molecule has 0 amide bonds. The molecular formula is C16H26O3. The summed E-state index contributed by atoms with van der Waals surface area (Å²) in [5.41, 5.74) is 0. The largest absolute Gasteiger partial charge is 0.392 e. The lowest BCUT2D eigenvalue weighted by Gasteiger charge is -2.31. The SMILES string of the molecule is CCCCCCC(O)C=CC1C(O)C[C@@H]2C(=O)C[C@@H]12. The van der Waals surface area contributed by atoms with Crippen molar-refractivity contribution < 1.29 is 15.0 Å². The highest BCUT2D eigenvalue weighted by Crippen LogP contribution is 2.48. The molecule has 3 heteroatoms. The van der Waals surface area contributed by atoms with Gasteiger partial charge in [-0.05, 0) is 18.8 Å². The van der Waals surface area contributed by atoms with Gasteiger partial charge in [0.1, 0.15) is 5.78 Å². The van der Waals surface area contributed by atoms with E-state index in [0.29, 0.717) is 24.5 Å². The van der Waals surface area contributed by atoms with E-state index >= 15 is 0 Å². The molecule has 2 aliphatic rings. The lowest BCUT2D eigenvalue weighted by molar-refractivity contribution is -0.133. The molecule has 0 spiro atoms. The number of aliphatic hydroxyl groups is 2. The Morgan fingerprint density at radius 3 is 2.79 bits per heavy atom. The molecule has 3 unspecified atom stereocenters. The van der Waals surface area contributed by atoms with Crippen LogP contribution in [-0.4, -0.2) is 28.2 Å². The van der Waals surface area contributed by atoms with Gasteiger partial charge in [0.15, 0.2) is 0 Å². The summed E-state index contributed by atoms with van der Waals surface area (Å²) in [5.74, 6) is 0.797.